The van der Waals surface area contributed by atoms with Crippen molar-refractivity contribution in [3.05, 3.63) is 29.3 Å². The Morgan fingerprint density at radius 1 is 1.32 bits per heavy atom. The van der Waals surface area contributed by atoms with E-state index in [-0.39, 0.29) is 23.8 Å². The van der Waals surface area contributed by atoms with Crippen LogP contribution in [-0.4, -0.2) is 28.3 Å². The fourth-order valence-electron chi connectivity index (χ4n) is 2.69. The summed E-state index contributed by atoms with van der Waals surface area (Å²) < 4.78 is 0. The van der Waals surface area contributed by atoms with E-state index in [9.17, 15) is 15.0 Å². The third kappa shape index (κ3) is 3.07. The Kier molecular flexibility index (Phi) is 4.10. The van der Waals surface area contributed by atoms with Gasteiger partial charge in [-0.3, -0.25) is 4.79 Å². The largest absolute Gasteiger partial charge is 0.507 e. The molecule has 0 aromatic heterocycles. The minimum Gasteiger partial charge on any atom is -0.507 e. The van der Waals surface area contributed by atoms with Crippen LogP contribution in [0.5, 0.6) is 5.75 Å². The summed E-state index contributed by atoms with van der Waals surface area (Å²) in [4.78, 5) is 12.2. The Labute approximate surface area is 113 Å². The van der Waals surface area contributed by atoms with E-state index in [1.165, 1.54) is 0 Å². The molecule has 0 radical (unpaired) electrons. The first-order valence-corrected chi connectivity index (χ1v) is 6.79. The van der Waals surface area contributed by atoms with E-state index >= 15 is 0 Å². The molecule has 3 N–H and O–H groups in total. The number of amides is 1. The third-order valence-corrected chi connectivity index (χ3v) is 3.89. The van der Waals surface area contributed by atoms with Crippen LogP contribution in [-0.2, 0) is 0 Å². The number of carbonyl (C=O) groups excluding carboxylic acids is 1. The monoisotopic (exact) mass is 263 g/mol. The Morgan fingerprint density at radius 2 is 2.00 bits per heavy atom. The molecule has 1 saturated carbocycles. The lowest BCUT2D eigenvalue weighted by Crippen LogP contribution is -2.52. The van der Waals surface area contributed by atoms with Gasteiger partial charge in [0, 0.05) is 0 Å². The van der Waals surface area contributed by atoms with Gasteiger partial charge in [-0.15, -0.1) is 0 Å². The number of carbonyl (C=O) groups is 1. The molecule has 1 amide bonds. The first kappa shape index (κ1) is 13.9. The van der Waals surface area contributed by atoms with Gasteiger partial charge in [0.05, 0.1) is 17.7 Å². The van der Waals surface area contributed by atoms with E-state index < -0.39 is 5.54 Å². The Bertz CT molecular complexity index is 464. The highest BCUT2D eigenvalue weighted by Gasteiger charge is 2.33. The van der Waals surface area contributed by atoms with E-state index in [0.29, 0.717) is 0 Å². The fraction of sp³-hybridized carbons (Fsp3) is 0.533. The first-order chi connectivity index (χ1) is 9.06. The SMILES string of the molecule is Cc1ccc(C(=O)NC2(CO)CCCCC2)c(O)c1. The van der Waals surface area contributed by atoms with Crippen molar-refractivity contribution in [2.75, 3.05) is 6.61 Å². The van der Waals surface area contributed by atoms with Crippen LogP contribution in [0.1, 0.15) is 48.0 Å². The number of aromatic hydroxyl groups is 1. The molecule has 0 spiro atoms. The standard InChI is InChI=1S/C15H21NO3/c1-11-5-6-12(13(18)9-11)14(19)16-15(10-17)7-3-2-4-8-15/h5-6,9,17-18H,2-4,7-8,10H2,1H3,(H,16,19). The van der Waals surface area contributed by atoms with Gasteiger partial charge in [-0.2, -0.15) is 0 Å². The lowest BCUT2D eigenvalue weighted by atomic mass is 9.82. The van der Waals surface area contributed by atoms with Crippen molar-refractivity contribution in [1.82, 2.24) is 5.32 Å². The van der Waals surface area contributed by atoms with Crippen LogP contribution in [0.25, 0.3) is 0 Å². The Balaban J connectivity index is 2.15. The van der Waals surface area contributed by atoms with E-state index in [2.05, 4.69) is 5.32 Å². The topological polar surface area (TPSA) is 69.6 Å². The summed E-state index contributed by atoms with van der Waals surface area (Å²) in [5.41, 5.74) is 0.653. The van der Waals surface area contributed by atoms with Crippen molar-refractivity contribution >= 4 is 5.91 Å². The maximum atomic E-state index is 12.2. The number of phenolic OH excluding ortho intramolecular Hbond substituents is 1. The van der Waals surface area contributed by atoms with Crippen LogP contribution < -0.4 is 5.32 Å². The average molecular weight is 263 g/mol. The lowest BCUT2D eigenvalue weighted by Gasteiger charge is -2.36. The summed E-state index contributed by atoms with van der Waals surface area (Å²) in [7, 11) is 0. The molecule has 19 heavy (non-hydrogen) atoms. The predicted octanol–water partition coefficient (Wildman–Crippen LogP) is 2.13. The molecule has 0 aliphatic heterocycles. The van der Waals surface area contributed by atoms with Crippen molar-refractivity contribution in [2.45, 2.75) is 44.6 Å². The molecule has 0 unspecified atom stereocenters. The number of hydrogen-bond donors (Lipinski definition) is 3. The second-order valence-corrected chi connectivity index (χ2v) is 5.47. The van der Waals surface area contributed by atoms with Gasteiger partial charge in [-0.05, 0) is 37.5 Å². The molecule has 4 nitrogen and oxygen atoms in total. The number of benzene rings is 1. The molecule has 0 atom stereocenters. The molecule has 1 fully saturated rings. The van der Waals surface area contributed by atoms with Crippen LogP contribution in [0.3, 0.4) is 0 Å². The number of aliphatic hydroxyl groups excluding tert-OH is 1. The van der Waals surface area contributed by atoms with Crippen LogP contribution in [0.15, 0.2) is 18.2 Å². The highest BCUT2D eigenvalue weighted by Crippen LogP contribution is 2.29. The lowest BCUT2D eigenvalue weighted by molar-refractivity contribution is 0.0756. The summed E-state index contributed by atoms with van der Waals surface area (Å²) in [5, 5.41) is 22.3. The molecule has 1 aliphatic carbocycles. The molecule has 1 aromatic rings. The summed E-state index contributed by atoms with van der Waals surface area (Å²) in [6.07, 6.45) is 4.76. The zero-order valence-electron chi connectivity index (χ0n) is 11.3. The quantitative estimate of drug-likeness (QED) is 0.782. The van der Waals surface area contributed by atoms with E-state index in [4.69, 9.17) is 0 Å². The average Bonchev–Trinajstić information content (AvgIpc) is 2.39. The van der Waals surface area contributed by atoms with Crippen molar-refractivity contribution in [3.8, 4) is 5.75 Å². The molecule has 2 rings (SSSR count). The number of nitrogens with one attached hydrogen (secondary N) is 1. The van der Waals surface area contributed by atoms with Gasteiger partial charge >= 0.3 is 0 Å². The zero-order valence-corrected chi connectivity index (χ0v) is 11.3. The maximum absolute atomic E-state index is 12.2. The second kappa shape index (κ2) is 5.61. The first-order valence-electron chi connectivity index (χ1n) is 6.79. The molecule has 0 bridgehead atoms. The van der Waals surface area contributed by atoms with Gasteiger partial charge in [0.1, 0.15) is 5.75 Å². The van der Waals surface area contributed by atoms with Crippen molar-refractivity contribution in [1.29, 1.82) is 0 Å². The van der Waals surface area contributed by atoms with Gasteiger partial charge in [0.15, 0.2) is 0 Å². The molecular formula is C15H21NO3. The Hall–Kier alpha value is -1.55. The predicted molar refractivity (Wildman–Crippen MR) is 73.2 cm³/mol. The maximum Gasteiger partial charge on any atom is 0.255 e. The Morgan fingerprint density at radius 3 is 2.58 bits per heavy atom. The summed E-state index contributed by atoms with van der Waals surface area (Å²) >= 11 is 0. The van der Waals surface area contributed by atoms with Crippen molar-refractivity contribution in [3.63, 3.8) is 0 Å². The number of aliphatic hydroxyl groups is 1. The molecule has 104 valence electrons. The highest BCUT2D eigenvalue weighted by molar-refractivity contribution is 5.97. The summed E-state index contributed by atoms with van der Waals surface area (Å²) in [6, 6.07) is 4.98. The normalized spacial score (nSPS) is 18.0. The van der Waals surface area contributed by atoms with E-state index in [0.717, 1.165) is 37.7 Å². The van der Waals surface area contributed by atoms with Crippen LogP contribution in [0.4, 0.5) is 0 Å². The van der Waals surface area contributed by atoms with Crippen LogP contribution in [0, 0.1) is 6.92 Å². The third-order valence-electron chi connectivity index (χ3n) is 3.89. The van der Waals surface area contributed by atoms with E-state index in [1.54, 1.807) is 18.2 Å². The van der Waals surface area contributed by atoms with Gasteiger partial charge in [0.25, 0.3) is 5.91 Å². The number of phenols is 1. The molecule has 1 aliphatic rings. The van der Waals surface area contributed by atoms with Crippen LogP contribution in [0.2, 0.25) is 0 Å². The molecule has 4 heteroatoms. The second-order valence-electron chi connectivity index (χ2n) is 5.47. The molecule has 1 aromatic carbocycles. The number of aryl methyl sites for hydroxylation is 1. The number of rotatable bonds is 3. The van der Waals surface area contributed by atoms with E-state index in [1.807, 2.05) is 6.92 Å². The van der Waals surface area contributed by atoms with Gasteiger partial charge in [-0.1, -0.05) is 25.3 Å². The van der Waals surface area contributed by atoms with Crippen LogP contribution >= 0.6 is 0 Å². The molecule has 0 saturated heterocycles. The zero-order chi connectivity index (χ0) is 13.9. The van der Waals surface area contributed by atoms with Gasteiger partial charge in [-0.25, -0.2) is 0 Å². The fourth-order valence-corrected chi connectivity index (χ4v) is 2.69. The van der Waals surface area contributed by atoms with Crippen molar-refractivity contribution in [2.24, 2.45) is 0 Å². The summed E-state index contributed by atoms with van der Waals surface area (Å²) in [5.74, 6) is -0.324. The minimum absolute atomic E-state index is 0.0126. The highest BCUT2D eigenvalue weighted by atomic mass is 16.3. The molecule has 0 heterocycles. The van der Waals surface area contributed by atoms with Gasteiger partial charge in [0.2, 0.25) is 0 Å². The van der Waals surface area contributed by atoms with Crippen molar-refractivity contribution < 1.29 is 15.0 Å². The summed E-state index contributed by atoms with van der Waals surface area (Å²) in [6.45, 7) is 1.81. The minimum atomic E-state index is -0.521. The molecular weight excluding hydrogens is 242 g/mol. The number of hydrogen-bond acceptors (Lipinski definition) is 3. The smallest absolute Gasteiger partial charge is 0.255 e. The van der Waals surface area contributed by atoms with Gasteiger partial charge < -0.3 is 15.5 Å².